The molecule has 9 N–H and O–H groups in total. The van der Waals surface area contributed by atoms with Crippen molar-refractivity contribution in [1.29, 1.82) is 0 Å². The number of alkyl carbamates (subject to hydrolysis) is 1. The van der Waals surface area contributed by atoms with Crippen LogP contribution in [0.5, 0.6) is 0 Å². The number of carbonyl (C=O) groups is 7. The minimum absolute atomic E-state index is 0.00801. The van der Waals surface area contributed by atoms with Crippen LogP contribution in [0, 0.1) is 0 Å². The van der Waals surface area contributed by atoms with Crippen molar-refractivity contribution in [2.24, 2.45) is 11.5 Å². The summed E-state index contributed by atoms with van der Waals surface area (Å²) in [5.41, 5.74) is 12.2. The first kappa shape index (κ1) is 41.9. The zero-order chi connectivity index (χ0) is 41.2. The van der Waals surface area contributed by atoms with E-state index in [0.717, 1.165) is 28.7 Å². The SMILES string of the molecule is C[C@](CCCC(=O)O)(NC(=O)OCC1c2ccccc2-c2ccccc21)C(=O)N[C@@H](Cc1ccccc1)C(=O)NC1(C(=O)N[C@@H](CC(N)=O)C(N)=O)CCCCC1. The number of carboxylic acid groups (broad SMARTS) is 1. The van der Waals surface area contributed by atoms with Crippen LogP contribution in [-0.4, -0.2) is 76.5 Å². The van der Waals surface area contributed by atoms with Crippen molar-refractivity contribution in [1.82, 2.24) is 21.3 Å². The molecule has 0 saturated heterocycles. The van der Waals surface area contributed by atoms with Crippen molar-refractivity contribution in [2.75, 3.05) is 6.61 Å². The van der Waals surface area contributed by atoms with Gasteiger partial charge in [0.15, 0.2) is 0 Å². The van der Waals surface area contributed by atoms with E-state index in [1.807, 2.05) is 48.5 Å². The van der Waals surface area contributed by atoms with E-state index in [9.17, 15) is 38.7 Å². The highest BCUT2D eigenvalue weighted by atomic mass is 16.5. The van der Waals surface area contributed by atoms with E-state index in [1.165, 1.54) is 6.92 Å². The summed E-state index contributed by atoms with van der Waals surface area (Å²) in [6.07, 6.45) is 0.458. The maximum atomic E-state index is 14.3. The number of fused-ring (bicyclic) bond motifs is 3. The third-order valence-electron chi connectivity index (χ3n) is 10.8. The van der Waals surface area contributed by atoms with Crippen LogP contribution in [0.25, 0.3) is 11.1 Å². The minimum Gasteiger partial charge on any atom is -0.481 e. The fourth-order valence-corrected chi connectivity index (χ4v) is 7.67. The van der Waals surface area contributed by atoms with Gasteiger partial charge in [0.1, 0.15) is 29.8 Å². The van der Waals surface area contributed by atoms with Crippen molar-refractivity contribution < 1.29 is 43.4 Å². The van der Waals surface area contributed by atoms with Gasteiger partial charge in [-0.15, -0.1) is 0 Å². The Labute approximate surface area is 330 Å². The van der Waals surface area contributed by atoms with Crippen LogP contribution in [0.1, 0.15) is 87.3 Å². The Morgan fingerprint density at radius 3 is 2.00 bits per heavy atom. The molecule has 0 heterocycles. The molecule has 0 spiro atoms. The summed E-state index contributed by atoms with van der Waals surface area (Å²) in [6.45, 7) is 1.40. The number of hydrogen-bond acceptors (Lipinski definition) is 8. The Morgan fingerprint density at radius 1 is 0.825 bits per heavy atom. The first-order valence-electron chi connectivity index (χ1n) is 19.1. The van der Waals surface area contributed by atoms with Crippen molar-refractivity contribution in [3.8, 4) is 11.1 Å². The van der Waals surface area contributed by atoms with E-state index in [2.05, 4.69) is 21.3 Å². The minimum atomic E-state index is -1.74. The van der Waals surface area contributed by atoms with Crippen molar-refractivity contribution in [2.45, 2.75) is 100 Å². The maximum Gasteiger partial charge on any atom is 0.408 e. The molecule has 15 nitrogen and oxygen atoms in total. The Bertz CT molecular complexity index is 1940. The monoisotopic (exact) mass is 782 g/mol. The number of primary amides is 2. The highest BCUT2D eigenvalue weighted by molar-refractivity contribution is 5.99. The number of aliphatic carboxylic acids is 1. The molecule has 0 radical (unpaired) electrons. The molecule has 15 heteroatoms. The summed E-state index contributed by atoms with van der Waals surface area (Å²) in [4.78, 5) is 91.1. The summed E-state index contributed by atoms with van der Waals surface area (Å²) in [6, 6.07) is 21.8. The summed E-state index contributed by atoms with van der Waals surface area (Å²) in [7, 11) is 0. The molecule has 1 fully saturated rings. The molecule has 57 heavy (non-hydrogen) atoms. The lowest BCUT2D eigenvalue weighted by molar-refractivity contribution is -0.139. The largest absolute Gasteiger partial charge is 0.481 e. The molecule has 5 rings (SSSR count). The van der Waals surface area contributed by atoms with Gasteiger partial charge in [0.2, 0.25) is 29.5 Å². The van der Waals surface area contributed by atoms with Crippen LogP contribution in [0.15, 0.2) is 78.9 Å². The van der Waals surface area contributed by atoms with Crippen LogP contribution in [-0.2, 0) is 39.9 Å². The number of carbonyl (C=O) groups excluding carboxylic acids is 6. The van der Waals surface area contributed by atoms with Crippen molar-refractivity contribution in [3.05, 3.63) is 95.6 Å². The average molecular weight is 783 g/mol. The summed E-state index contributed by atoms with van der Waals surface area (Å²) in [5.74, 6) is -5.40. The lowest BCUT2D eigenvalue weighted by atomic mass is 9.80. The molecule has 6 amide bonds. The molecule has 2 aliphatic rings. The van der Waals surface area contributed by atoms with Crippen LogP contribution in [0.3, 0.4) is 0 Å². The molecule has 0 aromatic heterocycles. The first-order chi connectivity index (χ1) is 27.2. The van der Waals surface area contributed by atoms with E-state index in [-0.39, 0.29) is 51.0 Å². The van der Waals surface area contributed by atoms with Gasteiger partial charge in [-0.05, 0) is 60.4 Å². The van der Waals surface area contributed by atoms with Gasteiger partial charge in [-0.25, -0.2) is 4.79 Å². The van der Waals surface area contributed by atoms with E-state index < -0.39 is 71.2 Å². The third-order valence-corrected chi connectivity index (χ3v) is 10.8. The second-order valence-electron chi connectivity index (χ2n) is 15.0. The number of rotatable bonds is 18. The van der Waals surface area contributed by atoms with Gasteiger partial charge in [-0.2, -0.15) is 0 Å². The average Bonchev–Trinajstić information content (AvgIpc) is 3.50. The van der Waals surface area contributed by atoms with Crippen LogP contribution >= 0.6 is 0 Å². The molecule has 0 aliphatic heterocycles. The number of hydrogen-bond donors (Lipinski definition) is 7. The quantitative estimate of drug-likeness (QED) is 0.100. The van der Waals surface area contributed by atoms with Crippen LogP contribution in [0.4, 0.5) is 4.79 Å². The highest BCUT2D eigenvalue weighted by Crippen LogP contribution is 2.44. The van der Waals surface area contributed by atoms with Crippen LogP contribution in [0.2, 0.25) is 0 Å². The first-order valence-corrected chi connectivity index (χ1v) is 19.1. The number of amides is 6. The molecule has 3 aromatic carbocycles. The van der Waals surface area contributed by atoms with Gasteiger partial charge in [0.05, 0.1) is 6.42 Å². The number of carboxylic acids is 1. The zero-order valence-electron chi connectivity index (χ0n) is 31.9. The summed E-state index contributed by atoms with van der Waals surface area (Å²) >= 11 is 0. The fourth-order valence-electron chi connectivity index (χ4n) is 7.67. The maximum absolute atomic E-state index is 14.3. The molecular weight excluding hydrogens is 732 g/mol. The predicted molar refractivity (Wildman–Crippen MR) is 209 cm³/mol. The lowest BCUT2D eigenvalue weighted by Crippen LogP contribution is -2.66. The molecule has 0 bridgehead atoms. The number of nitrogens with one attached hydrogen (secondary N) is 4. The molecular formula is C42H50N6O9. The topological polar surface area (TPSA) is 249 Å². The predicted octanol–water partition coefficient (Wildman–Crippen LogP) is 2.93. The fraction of sp³-hybridized carbons (Fsp3) is 0.405. The second-order valence-corrected chi connectivity index (χ2v) is 15.0. The summed E-state index contributed by atoms with van der Waals surface area (Å²) in [5, 5.41) is 20.1. The van der Waals surface area contributed by atoms with Gasteiger partial charge in [-0.1, -0.05) is 98.1 Å². The Balaban J connectivity index is 1.36. The Hall–Kier alpha value is -6.25. The third kappa shape index (κ3) is 10.5. The number of nitrogens with two attached hydrogens (primary N) is 2. The van der Waals surface area contributed by atoms with Crippen LogP contribution < -0.4 is 32.7 Å². The molecule has 2 aliphatic carbocycles. The Morgan fingerprint density at radius 2 is 1.42 bits per heavy atom. The Kier molecular flexibility index (Phi) is 13.7. The van der Waals surface area contributed by atoms with E-state index in [4.69, 9.17) is 16.2 Å². The normalized spacial score (nSPS) is 16.3. The highest BCUT2D eigenvalue weighted by Gasteiger charge is 2.45. The van der Waals surface area contributed by atoms with E-state index in [0.29, 0.717) is 18.4 Å². The molecule has 0 unspecified atom stereocenters. The molecule has 1 saturated carbocycles. The zero-order valence-corrected chi connectivity index (χ0v) is 31.9. The lowest BCUT2D eigenvalue weighted by Gasteiger charge is -2.39. The smallest absolute Gasteiger partial charge is 0.408 e. The summed E-state index contributed by atoms with van der Waals surface area (Å²) < 4.78 is 5.74. The van der Waals surface area contributed by atoms with Crippen molar-refractivity contribution >= 4 is 41.6 Å². The molecule has 3 aromatic rings. The number of ether oxygens (including phenoxy) is 1. The standard InChI is InChI=1S/C42H50N6O9/c1-41(20-12-19-35(50)51,48-40(56)57-25-31-29-17-8-6-15-27(29)28-16-7-9-18-30(28)31)38(54)46-33(23-26-13-4-2-5-14-26)37(53)47-42(21-10-3-11-22-42)39(55)45-32(36(44)52)24-34(43)49/h2,4-9,13-18,31-33H,3,10-12,19-25H2,1H3,(H2,43,49)(H2,44,52)(H,45,55)(H,46,54)(H,47,53)(H,48,56)(H,50,51)/t32-,33-,41+/m0/s1. The molecule has 3 atom stereocenters. The van der Waals surface area contributed by atoms with E-state index >= 15 is 0 Å². The van der Waals surface area contributed by atoms with E-state index in [1.54, 1.807) is 30.3 Å². The van der Waals surface area contributed by atoms with Gasteiger partial charge in [-0.3, -0.25) is 28.8 Å². The van der Waals surface area contributed by atoms with Gasteiger partial charge in [0, 0.05) is 18.8 Å². The van der Waals surface area contributed by atoms with Gasteiger partial charge < -0.3 is 42.6 Å². The van der Waals surface area contributed by atoms with Gasteiger partial charge >= 0.3 is 12.1 Å². The van der Waals surface area contributed by atoms with Gasteiger partial charge in [0.25, 0.3) is 0 Å². The molecule has 302 valence electrons. The van der Waals surface area contributed by atoms with Crippen molar-refractivity contribution in [3.63, 3.8) is 0 Å². The number of benzene rings is 3. The second kappa shape index (κ2) is 18.6.